The minimum atomic E-state index is 0.725. The highest BCUT2D eigenvalue weighted by Gasteiger charge is 2.25. The fourth-order valence-corrected chi connectivity index (χ4v) is 10.8. The van der Waals surface area contributed by atoms with Gasteiger partial charge in [-0.05, 0) is 57.6 Å². The number of hydrogen-bond donors (Lipinski definition) is 0. The van der Waals surface area contributed by atoms with Crippen LogP contribution in [-0.4, -0.2) is 14.5 Å². The van der Waals surface area contributed by atoms with Crippen LogP contribution in [0.25, 0.3) is 112 Å². The van der Waals surface area contributed by atoms with Crippen molar-refractivity contribution in [3.8, 4) is 28.3 Å². The van der Waals surface area contributed by atoms with Crippen LogP contribution in [0.3, 0.4) is 0 Å². The lowest BCUT2D eigenvalue weighted by Gasteiger charge is -2.13. The maximum absolute atomic E-state index is 5.60. The van der Waals surface area contributed by atoms with Crippen LogP contribution in [0, 0.1) is 0 Å². The third-order valence-corrected chi connectivity index (χ3v) is 13.1. The van der Waals surface area contributed by atoms with Crippen molar-refractivity contribution in [3.63, 3.8) is 0 Å². The molecular formula is C48H27N3S2. The smallest absolute Gasteiger partial charge is 0.162 e. The topological polar surface area (TPSA) is 30.7 Å². The second-order valence-electron chi connectivity index (χ2n) is 13.7. The molecule has 4 aromatic heterocycles. The molecule has 0 unspecified atom stereocenters. The van der Waals surface area contributed by atoms with E-state index < -0.39 is 0 Å². The Bertz CT molecular complexity index is 3460. The van der Waals surface area contributed by atoms with E-state index in [1.165, 1.54) is 68.4 Å². The molecule has 0 bridgehead atoms. The molecule has 0 radical (unpaired) electrons. The van der Waals surface area contributed by atoms with Gasteiger partial charge < -0.3 is 0 Å². The number of aromatic nitrogens is 3. The molecule has 0 spiro atoms. The van der Waals surface area contributed by atoms with Crippen LogP contribution < -0.4 is 0 Å². The van der Waals surface area contributed by atoms with E-state index in [0.717, 1.165) is 43.7 Å². The summed E-state index contributed by atoms with van der Waals surface area (Å²) in [5.74, 6) is 1.65. The second-order valence-corrected chi connectivity index (χ2v) is 15.8. The normalized spacial score (nSPS) is 12.2. The summed E-state index contributed by atoms with van der Waals surface area (Å²) in [6.45, 7) is 0. The minimum absolute atomic E-state index is 0.725. The fourth-order valence-electron chi connectivity index (χ4n) is 8.39. The quantitative estimate of drug-likeness (QED) is 0.183. The van der Waals surface area contributed by atoms with Crippen molar-refractivity contribution < 1.29 is 0 Å². The average Bonchev–Trinajstić information content (AvgIpc) is 3.91. The van der Waals surface area contributed by atoms with Crippen LogP contribution in [0.15, 0.2) is 164 Å². The van der Waals surface area contributed by atoms with Crippen LogP contribution in [0.2, 0.25) is 0 Å². The van der Waals surface area contributed by atoms with E-state index in [2.05, 4.69) is 168 Å². The molecule has 3 nitrogen and oxygen atoms in total. The standard InChI is InChI=1S/C48H27N3S2/c1-2-12-28(13-3-1)29-22-23-31-27-32(25-24-30(31)26-29)47-49-43-37-18-8-11-21-40(37)53-46(43)48(50-47)51-38-19-9-6-16-35(38)41-33-14-4-5-15-34(33)45-42(44(41)51)36-17-7-10-20-39(36)52-45/h1-27H. The molecule has 12 rings (SSSR count). The van der Waals surface area contributed by atoms with Gasteiger partial charge in [-0.25, -0.2) is 9.97 Å². The molecule has 0 aliphatic heterocycles. The number of hydrogen-bond acceptors (Lipinski definition) is 4. The summed E-state index contributed by atoms with van der Waals surface area (Å²) in [6, 6.07) is 59.1. The predicted octanol–water partition coefficient (Wildman–Crippen LogP) is 13.9. The molecule has 0 amide bonds. The number of nitrogens with zero attached hydrogens (tertiary/aromatic N) is 3. The molecule has 12 aromatic rings. The maximum Gasteiger partial charge on any atom is 0.162 e. The van der Waals surface area contributed by atoms with Gasteiger partial charge in [0.25, 0.3) is 0 Å². The zero-order valence-corrected chi connectivity index (χ0v) is 29.9. The molecule has 53 heavy (non-hydrogen) atoms. The van der Waals surface area contributed by atoms with Crippen molar-refractivity contribution >= 4 is 106 Å². The summed E-state index contributed by atoms with van der Waals surface area (Å²) >= 11 is 3.67. The first kappa shape index (κ1) is 29.2. The molecule has 0 saturated heterocycles. The molecule has 0 atom stereocenters. The van der Waals surface area contributed by atoms with E-state index in [1.807, 2.05) is 11.3 Å². The van der Waals surface area contributed by atoms with Gasteiger partial charge in [0, 0.05) is 52.0 Å². The van der Waals surface area contributed by atoms with Gasteiger partial charge in [-0.3, -0.25) is 4.57 Å². The Kier molecular flexibility index (Phi) is 6.09. The van der Waals surface area contributed by atoms with E-state index in [1.54, 1.807) is 11.3 Å². The average molecular weight is 710 g/mol. The molecular weight excluding hydrogens is 683 g/mol. The molecule has 4 heterocycles. The minimum Gasteiger partial charge on any atom is -0.292 e. The Morgan fingerprint density at radius 2 is 1.02 bits per heavy atom. The third kappa shape index (κ3) is 4.20. The summed E-state index contributed by atoms with van der Waals surface area (Å²) in [5, 5.41) is 11.1. The summed E-state index contributed by atoms with van der Waals surface area (Å²) in [5.41, 5.74) is 6.76. The fraction of sp³-hybridized carbons (Fsp3) is 0. The molecule has 0 fully saturated rings. The second kappa shape index (κ2) is 11.1. The van der Waals surface area contributed by atoms with Crippen molar-refractivity contribution in [1.29, 1.82) is 0 Å². The molecule has 0 N–H and O–H groups in total. The molecule has 246 valence electrons. The van der Waals surface area contributed by atoms with Gasteiger partial charge >= 0.3 is 0 Å². The van der Waals surface area contributed by atoms with Gasteiger partial charge in [0.2, 0.25) is 0 Å². The number of para-hydroxylation sites is 1. The zero-order valence-electron chi connectivity index (χ0n) is 28.2. The first-order valence-corrected chi connectivity index (χ1v) is 19.5. The molecule has 0 aliphatic carbocycles. The number of rotatable bonds is 3. The zero-order chi connectivity index (χ0) is 34.6. The Labute approximate surface area is 311 Å². The van der Waals surface area contributed by atoms with Gasteiger partial charge in [0.15, 0.2) is 11.6 Å². The lowest BCUT2D eigenvalue weighted by molar-refractivity contribution is 1.09. The monoisotopic (exact) mass is 709 g/mol. The molecule has 0 saturated carbocycles. The van der Waals surface area contributed by atoms with Crippen LogP contribution in [0.5, 0.6) is 0 Å². The molecule has 0 aliphatic rings. The Hall–Kier alpha value is -6.40. The summed E-state index contributed by atoms with van der Waals surface area (Å²) < 4.78 is 7.35. The summed E-state index contributed by atoms with van der Waals surface area (Å²) in [4.78, 5) is 11.0. The number of benzene rings is 8. The highest BCUT2D eigenvalue weighted by molar-refractivity contribution is 7.27. The highest BCUT2D eigenvalue weighted by atomic mass is 32.1. The summed E-state index contributed by atoms with van der Waals surface area (Å²) in [7, 11) is 0. The van der Waals surface area contributed by atoms with E-state index in [-0.39, 0.29) is 0 Å². The lowest BCUT2D eigenvalue weighted by atomic mass is 10.00. The predicted molar refractivity (Wildman–Crippen MR) is 228 cm³/mol. The molecule has 8 aromatic carbocycles. The van der Waals surface area contributed by atoms with Gasteiger partial charge in [0.05, 0.1) is 21.3 Å². The van der Waals surface area contributed by atoms with Crippen LogP contribution in [-0.2, 0) is 0 Å². The largest absolute Gasteiger partial charge is 0.292 e. The Morgan fingerprint density at radius 1 is 0.415 bits per heavy atom. The van der Waals surface area contributed by atoms with Crippen molar-refractivity contribution in [3.05, 3.63) is 164 Å². The van der Waals surface area contributed by atoms with Crippen LogP contribution in [0.1, 0.15) is 0 Å². The summed E-state index contributed by atoms with van der Waals surface area (Å²) in [6.07, 6.45) is 0. The number of thiophene rings is 2. The Morgan fingerprint density at radius 3 is 1.83 bits per heavy atom. The SMILES string of the molecule is c1ccc(-c2ccc3cc(-c4nc(-n5c6ccccc6c6c7ccccc7c7sc8ccccc8c7c65)c5sc6ccccc6c5n4)ccc3c2)cc1. The van der Waals surface area contributed by atoms with Gasteiger partial charge in [-0.1, -0.05) is 133 Å². The van der Waals surface area contributed by atoms with Gasteiger partial charge in [-0.2, -0.15) is 0 Å². The number of fused-ring (bicyclic) bond motifs is 14. The Balaban J connectivity index is 1.21. The maximum atomic E-state index is 5.60. The van der Waals surface area contributed by atoms with Crippen molar-refractivity contribution in [2.45, 2.75) is 0 Å². The highest BCUT2D eigenvalue weighted by Crippen LogP contribution is 2.49. The first-order chi connectivity index (χ1) is 26.3. The van der Waals surface area contributed by atoms with Crippen LogP contribution >= 0.6 is 22.7 Å². The van der Waals surface area contributed by atoms with Crippen molar-refractivity contribution in [2.75, 3.05) is 0 Å². The van der Waals surface area contributed by atoms with Crippen molar-refractivity contribution in [1.82, 2.24) is 14.5 Å². The third-order valence-electron chi connectivity index (χ3n) is 10.8. The molecule has 5 heteroatoms. The van der Waals surface area contributed by atoms with E-state index in [0.29, 0.717) is 0 Å². The van der Waals surface area contributed by atoms with Gasteiger partial charge in [0.1, 0.15) is 0 Å². The van der Waals surface area contributed by atoms with Crippen LogP contribution in [0.4, 0.5) is 0 Å². The van der Waals surface area contributed by atoms with Crippen molar-refractivity contribution in [2.24, 2.45) is 0 Å². The first-order valence-electron chi connectivity index (χ1n) is 17.8. The van der Waals surface area contributed by atoms with E-state index in [9.17, 15) is 0 Å². The van der Waals surface area contributed by atoms with Gasteiger partial charge in [-0.15, -0.1) is 22.7 Å². The lowest BCUT2D eigenvalue weighted by Crippen LogP contribution is -2.02. The van der Waals surface area contributed by atoms with E-state index in [4.69, 9.17) is 9.97 Å². The van der Waals surface area contributed by atoms with E-state index >= 15 is 0 Å².